The van der Waals surface area contributed by atoms with Gasteiger partial charge in [-0.25, -0.2) is 4.79 Å². The minimum atomic E-state index is -3.60. The van der Waals surface area contributed by atoms with Crippen LogP contribution in [0.2, 0.25) is 0 Å². The Kier molecular flexibility index (Phi) is 12.1. The third-order valence-electron chi connectivity index (χ3n) is 8.07. The van der Waals surface area contributed by atoms with Crippen LogP contribution in [-0.2, 0) is 34.6 Å². The lowest BCUT2D eigenvalue weighted by molar-refractivity contribution is -0.169. The van der Waals surface area contributed by atoms with Gasteiger partial charge in [0, 0.05) is 25.0 Å². The third kappa shape index (κ3) is 9.46. The van der Waals surface area contributed by atoms with E-state index in [4.69, 9.17) is 9.26 Å². The van der Waals surface area contributed by atoms with E-state index in [1.54, 1.807) is 6.92 Å². The highest BCUT2D eigenvalue weighted by molar-refractivity contribution is 7.59. The van der Waals surface area contributed by atoms with Crippen molar-refractivity contribution in [2.24, 2.45) is 17.8 Å². The molecule has 1 aliphatic heterocycles. The predicted octanol–water partition coefficient (Wildman–Crippen LogP) is 6.12. The van der Waals surface area contributed by atoms with Crippen molar-refractivity contribution in [1.82, 2.24) is 4.90 Å². The van der Waals surface area contributed by atoms with Crippen molar-refractivity contribution in [3.8, 4) is 0 Å². The number of carboxylic acid groups (broad SMARTS) is 1. The van der Waals surface area contributed by atoms with Gasteiger partial charge in [-0.3, -0.25) is 18.7 Å². The van der Waals surface area contributed by atoms with Crippen molar-refractivity contribution >= 4 is 25.2 Å². The molecule has 8 nitrogen and oxygen atoms in total. The number of benzene rings is 1. The Bertz CT molecular complexity index is 992. The van der Waals surface area contributed by atoms with E-state index in [1.165, 1.54) is 16.9 Å². The summed E-state index contributed by atoms with van der Waals surface area (Å²) < 4.78 is 25.7. The lowest BCUT2D eigenvalue weighted by Crippen LogP contribution is -2.42. The number of ether oxygens (including phenoxy) is 1. The van der Waals surface area contributed by atoms with Gasteiger partial charge in [0.15, 0.2) is 0 Å². The van der Waals surface area contributed by atoms with Gasteiger partial charge in [-0.15, -0.1) is 0 Å². The highest BCUT2D eigenvalue weighted by Gasteiger charge is 2.44. The molecule has 1 saturated carbocycles. The Morgan fingerprint density at radius 1 is 1.05 bits per heavy atom. The van der Waals surface area contributed by atoms with Crippen LogP contribution in [0, 0.1) is 17.8 Å². The van der Waals surface area contributed by atoms with Crippen LogP contribution in [0.5, 0.6) is 0 Å². The molecule has 1 aromatic carbocycles. The Labute approximate surface area is 233 Å². The first-order valence-electron chi connectivity index (χ1n) is 14.6. The van der Waals surface area contributed by atoms with Gasteiger partial charge in [0.2, 0.25) is 19.6 Å². The Hall–Kier alpha value is -2.18. The molecule has 0 radical (unpaired) electrons. The first-order valence-corrected chi connectivity index (χ1v) is 16.6. The summed E-state index contributed by atoms with van der Waals surface area (Å²) in [6.45, 7) is 5.68. The van der Waals surface area contributed by atoms with Gasteiger partial charge >= 0.3 is 11.9 Å². The Balaban J connectivity index is 1.73. The first kappa shape index (κ1) is 31.3. The molecule has 1 amide bonds. The highest BCUT2D eigenvalue weighted by atomic mass is 31.2. The molecule has 9 heteroatoms. The molecule has 3 rings (SSSR count). The maximum Gasteiger partial charge on any atom is 0.326 e. The van der Waals surface area contributed by atoms with E-state index < -0.39 is 37.5 Å². The van der Waals surface area contributed by atoms with E-state index >= 15 is 0 Å². The van der Waals surface area contributed by atoms with Crippen LogP contribution < -0.4 is 0 Å². The number of aryl methyl sites for hydroxylation is 1. The van der Waals surface area contributed by atoms with E-state index in [1.807, 2.05) is 44.2 Å². The van der Waals surface area contributed by atoms with Crippen molar-refractivity contribution < 1.29 is 33.3 Å². The largest absolute Gasteiger partial charge is 0.480 e. The quantitative estimate of drug-likeness (QED) is 0.126. The van der Waals surface area contributed by atoms with Crippen molar-refractivity contribution in [2.45, 2.75) is 97.3 Å². The van der Waals surface area contributed by atoms with Crippen LogP contribution in [0.4, 0.5) is 0 Å². The van der Waals surface area contributed by atoms with Gasteiger partial charge in [0.1, 0.15) is 12.2 Å². The molecule has 39 heavy (non-hydrogen) atoms. The van der Waals surface area contributed by atoms with Gasteiger partial charge in [-0.05, 0) is 43.1 Å². The molecule has 1 aliphatic carbocycles. The molecule has 218 valence electrons. The molecule has 1 aromatic rings. The van der Waals surface area contributed by atoms with E-state index in [2.05, 4.69) is 0 Å². The Morgan fingerprint density at radius 2 is 1.74 bits per heavy atom. The lowest BCUT2D eigenvalue weighted by Gasteiger charge is -2.30. The number of amides is 1. The minimum Gasteiger partial charge on any atom is -0.480 e. The fourth-order valence-corrected chi connectivity index (χ4v) is 8.10. The maximum atomic E-state index is 14.2. The van der Waals surface area contributed by atoms with Crippen LogP contribution in [0.15, 0.2) is 30.3 Å². The standard InChI is InChI=1S/C30H46NO7P/c1-4-28(33)37-30(22(2)3)38-39(36,18-12-11-15-23-13-7-5-8-14-23)21-27(32)31-20-25(19-26(31)29(34)35)24-16-9-6-10-17-24/h5,7-8,13-14,22,24-26,30H,4,6,9-12,15-21H2,1-3H3,(H,34,35)/t25-,26+,30+,39+/m0/s1. The van der Waals surface area contributed by atoms with Crippen molar-refractivity contribution in [3.63, 3.8) is 0 Å². The number of likely N-dealkylation sites (tertiary alicyclic amines) is 1. The fourth-order valence-electron chi connectivity index (χ4n) is 5.80. The second-order valence-electron chi connectivity index (χ2n) is 11.5. The van der Waals surface area contributed by atoms with Crippen LogP contribution in [-0.4, -0.2) is 59.1 Å². The summed E-state index contributed by atoms with van der Waals surface area (Å²) in [5, 5.41) is 9.92. The fraction of sp³-hybridized carbons (Fsp3) is 0.700. The molecule has 0 aromatic heterocycles. The van der Waals surface area contributed by atoms with E-state index in [9.17, 15) is 24.1 Å². The highest BCUT2D eigenvalue weighted by Crippen LogP contribution is 2.51. The van der Waals surface area contributed by atoms with Crippen LogP contribution in [0.1, 0.15) is 84.1 Å². The van der Waals surface area contributed by atoms with Crippen molar-refractivity contribution in [1.29, 1.82) is 0 Å². The lowest BCUT2D eigenvalue weighted by atomic mass is 9.79. The molecular formula is C30H46NO7P. The average Bonchev–Trinajstić information content (AvgIpc) is 3.38. The van der Waals surface area contributed by atoms with Gasteiger partial charge in [-0.1, -0.05) is 83.2 Å². The van der Waals surface area contributed by atoms with Gasteiger partial charge in [0.25, 0.3) is 0 Å². The number of esters is 1. The minimum absolute atomic E-state index is 0.149. The summed E-state index contributed by atoms with van der Waals surface area (Å²) in [5.41, 5.74) is 1.18. The smallest absolute Gasteiger partial charge is 0.326 e. The second kappa shape index (κ2) is 15.0. The molecule has 0 bridgehead atoms. The van der Waals surface area contributed by atoms with Crippen molar-refractivity contribution in [2.75, 3.05) is 18.9 Å². The summed E-state index contributed by atoms with van der Waals surface area (Å²) >= 11 is 0. The number of rotatable bonds is 14. The molecule has 1 heterocycles. The molecule has 4 atom stereocenters. The average molecular weight is 564 g/mol. The number of carbonyl (C=O) groups is 3. The van der Waals surface area contributed by atoms with Gasteiger partial charge in [0.05, 0.1) is 0 Å². The second-order valence-corrected chi connectivity index (χ2v) is 14.1. The SMILES string of the molecule is CCC(=O)O[C@H](O[P@](=O)(CCCCc1ccccc1)CC(=O)N1C[C@@H](C2CCCCC2)C[C@@H]1C(=O)O)C(C)C. The van der Waals surface area contributed by atoms with Gasteiger partial charge in [-0.2, -0.15) is 0 Å². The van der Waals surface area contributed by atoms with E-state index in [0.717, 1.165) is 38.5 Å². The summed E-state index contributed by atoms with van der Waals surface area (Å²) in [6, 6.07) is 9.10. The zero-order valence-electron chi connectivity index (χ0n) is 23.8. The summed E-state index contributed by atoms with van der Waals surface area (Å²) in [4.78, 5) is 39.2. The summed E-state index contributed by atoms with van der Waals surface area (Å²) in [7, 11) is -3.60. The number of aliphatic carboxylic acids is 1. The molecule has 1 N–H and O–H groups in total. The van der Waals surface area contributed by atoms with Gasteiger partial charge < -0.3 is 14.7 Å². The Morgan fingerprint density at radius 3 is 2.36 bits per heavy atom. The predicted molar refractivity (Wildman–Crippen MR) is 151 cm³/mol. The number of nitrogens with zero attached hydrogens (tertiary/aromatic N) is 1. The number of unbranched alkanes of at least 4 members (excludes halogenated alkanes) is 1. The zero-order valence-corrected chi connectivity index (χ0v) is 24.7. The van der Waals surface area contributed by atoms with Crippen LogP contribution in [0.3, 0.4) is 0 Å². The monoisotopic (exact) mass is 563 g/mol. The molecule has 0 spiro atoms. The molecule has 1 saturated heterocycles. The number of hydrogen-bond donors (Lipinski definition) is 1. The van der Waals surface area contributed by atoms with Crippen molar-refractivity contribution in [3.05, 3.63) is 35.9 Å². The topological polar surface area (TPSA) is 110 Å². The molecule has 2 fully saturated rings. The third-order valence-corrected chi connectivity index (χ3v) is 10.4. The van der Waals surface area contributed by atoms with E-state index in [-0.39, 0.29) is 30.6 Å². The van der Waals surface area contributed by atoms with Crippen LogP contribution >= 0.6 is 7.37 Å². The number of carbonyl (C=O) groups excluding carboxylic acids is 2. The molecular weight excluding hydrogens is 517 g/mol. The summed E-state index contributed by atoms with van der Waals surface area (Å²) in [6.07, 6.45) is 7.12. The first-order chi connectivity index (χ1) is 18.6. The molecule has 2 aliphatic rings. The summed E-state index contributed by atoms with van der Waals surface area (Å²) in [5.74, 6) is -1.61. The number of carboxylic acids is 1. The normalized spacial score (nSPS) is 22.4. The maximum absolute atomic E-state index is 14.2. The van der Waals surface area contributed by atoms with Crippen LogP contribution in [0.25, 0.3) is 0 Å². The van der Waals surface area contributed by atoms with E-state index in [0.29, 0.717) is 25.3 Å². The molecule has 0 unspecified atom stereocenters. The number of hydrogen-bond acceptors (Lipinski definition) is 6. The zero-order chi connectivity index (χ0) is 28.4.